The van der Waals surface area contributed by atoms with Gasteiger partial charge in [0, 0.05) is 0 Å². The summed E-state index contributed by atoms with van der Waals surface area (Å²) in [4.78, 5) is 63.9. The van der Waals surface area contributed by atoms with E-state index in [4.69, 9.17) is 4.74 Å². The molecule has 3 rings (SSSR count). The third-order valence-corrected chi connectivity index (χ3v) is 5.45. The number of anilines is 2. The summed E-state index contributed by atoms with van der Waals surface area (Å²) < 4.78 is 5.03. The molecule has 10 nitrogen and oxygen atoms in total. The number of rotatable bonds is 5. The molecule has 5 amide bonds. The average molecular weight is 416 g/mol. The third kappa shape index (κ3) is 3.49. The molecule has 2 aliphatic heterocycles. The SMILES string of the molecule is CC[C@]1(C)NC(=O)N(CC(=O)OCC(=O)N2c3ccccc3NC(=O)C2(C)C)C1=O. The largest absolute Gasteiger partial charge is 0.454 e. The van der Waals surface area contributed by atoms with Gasteiger partial charge in [-0.15, -0.1) is 0 Å². The molecule has 1 fully saturated rings. The maximum Gasteiger partial charge on any atom is 0.326 e. The Hall–Kier alpha value is -3.43. The lowest BCUT2D eigenvalue weighted by atomic mass is 9.96. The van der Waals surface area contributed by atoms with E-state index in [0.717, 1.165) is 4.90 Å². The van der Waals surface area contributed by atoms with Crippen molar-refractivity contribution in [1.82, 2.24) is 10.2 Å². The predicted octanol–water partition coefficient (Wildman–Crippen LogP) is 1.01. The van der Waals surface area contributed by atoms with Crippen molar-refractivity contribution in [2.24, 2.45) is 0 Å². The summed E-state index contributed by atoms with van der Waals surface area (Å²) in [5.74, 6) is -2.41. The maximum atomic E-state index is 12.9. The second kappa shape index (κ2) is 7.43. The Labute approximate surface area is 173 Å². The Morgan fingerprint density at radius 2 is 1.77 bits per heavy atom. The minimum absolute atomic E-state index is 0.368. The molecule has 0 aromatic heterocycles. The fraction of sp³-hybridized carbons (Fsp3) is 0.450. The smallest absolute Gasteiger partial charge is 0.326 e. The first-order valence-electron chi connectivity index (χ1n) is 9.54. The highest BCUT2D eigenvalue weighted by Crippen LogP contribution is 2.36. The number of carbonyl (C=O) groups excluding carboxylic acids is 5. The Bertz CT molecular complexity index is 943. The van der Waals surface area contributed by atoms with Crippen molar-refractivity contribution in [2.45, 2.75) is 45.2 Å². The quantitative estimate of drug-likeness (QED) is 0.545. The van der Waals surface area contributed by atoms with Crippen LogP contribution in [0.2, 0.25) is 0 Å². The van der Waals surface area contributed by atoms with E-state index in [1.165, 1.54) is 4.90 Å². The van der Waals surface area contributed by atoms with Crippen LogP contribution in [0, 0.1) is 0 Å². The highest BCUT2D eigenvalue weighted by molar-refractivity contribution is 6.14. The number of hydrogen-bond acceptors (Lipinski definition) is 6. The van der Waals surface area contributed by atoms with Gasteiger partial charge < -0.3 is 15.4 Å². The van der Waals surface area contributed by atoms with Crippen LogP contribution in [0.15, 0.2) is 24.3 Å². The van der Waals surface area contributed by atoms with Crippen LogP contribution < -0.4 is 15.5 Å². The molecule has 0 bridgehead atoms. The molecule has 1 aromatic carbocycles. The first kappa shape index (κ1) is 21.3. The monoisotopic (exact) mass is 416 g/mol. The van der Waals surface area contributed by atoms with Gasteiger partial charge in [-0.1, -0.05) is 19.1 Å². The van der Waals surface area contributed by atoms with Crippen molar-refractivity contribution in [2.75, 3.05) is 23.4 Å². The molecule has 0 radical (unpaired) electrons. The van der Waals surface area contributed by atoms with Crippen LogP contribution >= 0.6 is 0 Å². The van der Waals surface area contributed by atoms with Crippen LogP contribution in [-0.2, 0) is 23.9 Å². The van der Waals surface area contributed by atoms with Gasteiger partial charge in [-0.3, -0.25) is 29.0 Å². The van der Waals surface area contributed by atoms with Crippen LogP contribution in [0.4, 0.5) is 16.2 Å². The molecule has 1 atom stereocenters. The lowest BCUT2D eigenvalue weighted by Gasteiger charge is -2.41. The summed E-state index contributed by atoms with van der Waals surface area (Å²) in [7, 11) is 0. The second-order valence-electron chi connectivity index (χ2n) is 7.93. The van der Waals surface area contributed by atoms with Crippen molar-refractivity contribution >= 4 is 41.1 Å². The molecule has 1 saturated heterocycles. The number of fused-ring (bicyclic) bond motifs is 1. The number of urea groups is 1. The molecule has 0 spiro atoms. The number of carbonyl (C=O) groups is 5. The summed E-state index contributed by atoms with van der Waals surface area (Å²) in [6.45, 7) is 5.23. The van der Waals surface area contributed by atoms with Gasteiger partial charge in [-0.05, 0) is 39.3 Å². The molecule has 0 saturated carbocycles. The van der Waals surface area contributed by atoms with Gasteiger partial charge in [0.15, 0.2) is 6.61 Å². The number of ether oxygens (including phenoxy) is 1. The van der Waals surface area contributed by atoms with E-state index < -0.39 is 48.0 Å². The Morgan fingerprint density at radius 1 is 1.10 bits per heavy atom. The molecule has 1 aromatic rings. The number of para-hydroxylation sites is 2. The Balaban J connectivity index is 1.68. The van der Waals surface area contributed by atoms with Crippen LogP contribution in [0.3, 0.4) is 0 Å². The van der Waals surface area contributed by atoms with E-state index >= 15 is 0 Å². The van der Waals surface area contributed by atoms with E-state index in [1.54, 1.807) is 52.0 Å². The van der Waals surface area contributed by atoms with E-state index in [1.807, 2.05) is 0 Å². The van der Waals surface area contributed by atoms with Gasteiger partial charge in [0.2, 0.25) is 5.91 Å². The van der Waals surface area contributed by atoms with Gasteiger partial charge in [0.25, 0.3) is 11.8 Å². The molecular weight excluding hydrogens is 392 g/mol. The van der Waals surface area contributed by atoms with Crippen molar-refractivity contribution in [3.8, 4) is 0 Å². The Kier molecular flexibility index (Phi) is 5.27. The number of nitrogens with one attached hydrogen (secondary N) is 2. The van der Waals surface area contributed by atoms with E-state index in [9.17, 15) is 24.0 Å². The van der Waals surface area contributed by atoms with Crippen LogP contribution in [-0.4, -0.2) is 58.9 Å². The lowest BCUT2D eigenvalue weighted by molar-refractivity contribution is -0.150. The summed E-state index contributed by atoms with van der Waals surface area (Å²) in [5, 5.41) is 5.28. The standard InChI is InChI=1S/C20H24N4O6/c1-5-20(4)17(28)23(18(29)22-20)10-15(26)30-11-14(25)24-13-9-7-6-8-12(13)21-16(27)19(24,2)3/h6-9H,5,10-11H2,1-4H3,(H,21,27)(H,22,29)/t20-/m0/s1. The number of esters is 1. The van der Waals surface area contributed by atoms with Gasteiger partial charge in [0.1, 0.15) is 17.6 Å². The van der Waals surface area contributed by atoms with Crippen molar-refractivity contribution in [1.29, 1.82) is 0 Å². The average Bonchev–Trinajstić information content (AvgIpc) is 2.90. The molecule has 0 unspecified atom stereocenters. The molecule has 2 heterocycles. The number of benzene rings is 1. The predicted molar refractivity (Wildman–Crippen MR) is 107 cm³/mol. The topological polar surface area (TPSA) is 125 Å². The zero-order chi connectivity index (χ0) is 22.3. The minimum Gasteiger partial charge on any atom is -0.454 e. The molecule has 0 aliphatic carbocycles. The van der Waals surface area contributed by atoms with Gasteiger partial charge in [-0.25, -0.2) is 4.79 Å². The van der Waals surface area contributed by atoms with Crippen molar-refractivity contribution < 1.29 is 28.7 Å². The summed E-state index contributed by atoms with van der Waals surface area (Å²) in [6.07, 6.45) is 0.368. The fourth-order valence-corrected chi connectivity index (χ4v) is 3.41. The molecule has 30 heavy (non-hydrogen) atoms. The van der Waals surface area contributed by atoms with Crippen LogP contribution in [0.5, 0.6) is 0 Å². The van der Waals surface area contributed by atoms with Crippen molar-refractivity contribution in [3.05, 3.63) is 24.3 Å². The summed E-state index contributed by atoms with van der Waals surface area (Å²) in [5.41, 5.74) is -1.32. The maximum absolute atomic E-state index is 12.9. The lowest BCUT2D eigenvalue weighted by Crippen LogP contribution is -2.59. The first-order valence-corrected chi connectivity index (χ1v) is 9.54. The van der Waals surface area contributed by atoms with Crippen LogP contribution in [0.25, 0.3) is 0 Å². The number of amides is 5. The molecule has 160 valence electrons. The minimum atomic E-state index is -1.20. The second-order valence-corrected chi connectivity index (χ2v) is 7.93. The number of imide groups is 1. The zero-order valence-corrected chi connectivity index (χ0v) is 17.3. The molecular formula is C20H24N4O6. The summed E-state index contributed by atoms with van der Waals surface area (Å²) >= 11 is 0. The van der Waals surface area contributed by atoms with E-state index in [0.29, 0.717) is 17.8 Å². The fourth-order valence-electron chi connectivity index (χ4n) is 3.41. The van der Waals surface area contributed by atoms with Gasteiger partial charge in [-0.2, -0.15) is 0 Å². The van der Waals surface area contributed by atoms with E-state index in [2.05, 4.69) is 10.6 Å². The Morgan fingerprint density at radius 3 is 2.40 bits per heavy atom. The van der Waals surface area contributed by atoms with Crippen molar-refractivity contribution in [3.63, 3.8) is 0 Å². The van der Waals surface area contributed by atoms with Crippen LogP contribution in [0.1, 0.15) is 34.1 Å². The molecule has 2 N–H and O–H groups in total. The molecule has 2 aliphatic rings. The molecule has 10 heteroatoms. The zero-order valence-electron chi connectivity index (χ0n) is 17.3. The first-order chi connectivity index (χ1) is 14.0. The normalized spacial score (nSPS) is 22.3. The number of hydrogen-bond donors (Lipinski definition) is 2. The summed E-state index contributed by atoms with van der Waals surface area (Å²) in [6, 6.07) is 6.10. The number of nitrogens with zero attached hydrogens (tertiary/aromatic N) is 2. The van der Waals surface area contributed by atoms with Gasteiger partial charge >= 0.3 is 12.0 Å². The third-order valence-electron chi connectivity index (χ3n) is 5.45. The highest BCUT2D eigenvalue weighted by atomic mass is 16.5. The van der Waals surface area contributed by atoms with E-state index in [-0.39, 0.29) is 5.91 Å². The highest BCUT2D eigenvalue weighted by Gasteiger charge is 2.47. The van der Waals surface area contributed by atoms with Gasteiger partial charge in [0.05, 0.1) is 11.4 Å².